The predicted octanol–water partition coefficient (Wildman–Crippen LogP) is 3.84. The molecule has 1 amide bonds. The number of carbonyl (C=O) groups excluding carboxylic acids is 1. The van der Waals surface area contributed by atoms with E-state index in [1.54, 1.807) is 0 Å². The zero-order chi connectivity index (χ0) is 14.7. The molecule has 2 aromatic rings. The lowest BCUT2D eigenvalue weighted by Crippen LogP contribution is -2.32. The predicted molar refractivity (Wildman–Crippen MR) is 89.7 cm³/mol. The second-order valence-electron chi connectivity index (χ2n) is 5.15. The summed E-state index contributed by atoms with van der Waals surface area (Å²) in [4.78, 5) is 14.6. The minimum Gasteiger partial charge on any atom is -0.383 e. The smallest absolute Gasteiger partial charge is 0.231 e. The monoisotopic (exact) mass is 344 g/mol. The van der Waals surface area contributed by atoms with Crippen LogP contribution in [0.1, 0.15) is 12.0 Å². The van der Waals surface area contributed by atoms with Crippen LogP contribution in [0, 0.1) is 0 Å². The van der Waals surface area contributed by atoms with Crippen molar-refractivity contribution < 1.29 is 4.79 Å². The maximum Gasteiger partial charge on any atom is 0.231 e. The van der Waals surface area contributed by atoms with Crippen LogP contribution in [0.4, 0.5) is 11.4 Å². The molecule has 1 heterocycles. The molecular weight excluding hydrogens is 328 g/mol. The summed E-state index contributed by atoms with van der Waals surface area (Å²) >= 11 is 3.45. The molecule has 21 heavy (non-hydrogen) atoms. The lowest BCUT2D eigenvalue weighted by Gasteiger charge is -2.22. The Morgan fingerprint density at radius 1 is 1.19 bits per heavy atom. The van der Waals surface area contributed by atoms with Gasteiger partial charge in [0.25, 0.3) is 0 Å². The summed E-state index contributed by atoms with van der Waals surface area (Å²) in [6.45, 7) is 1.66. The molecule has 1 N–H and O–H groups in total. The van der Waals surface area contributed by atoms with Crippen molar-refractivity contribution >= 4 is 33.2 Å². The molecule has 0 atom stereocenters. The molecule has 0 saturated heterocycles. The zero-order valence-corrected chi connectivity index (χ0v) is 13.3. The van der Waals surface area contributed by atoms with Gasteiger partial charge in [-0.3, -0.25) is 4.79 Å². The largest absolute Gasteiger partial charge is 0.383 e. The van der Waals surface area contributed by atoms with Gasteiger partial charge in [-0.1, -0.05) is 40.2 Å². The molecule has 1 aliphatic heterocycles. The number of rotatable bonds is 2. The SMILES string of the molecule is O=C(Cc1cccc(Br)c1)N1CCCNc2ccccc21. The van der Waals surface area contributed by atoms with Crippen LogP contribution in [-0.2, 0) is 11.2 Å². The Bertz CT molecular complexity index is 657. The molecule has 0 radical (unpaired) electrons. The number of hydrogen-bond acceptors (Lipinski definition) is 2. The molecule has 4 heteroatoms. The van der Waals surface area contributed by atoms with E-state index in [9.17, 15) is 4.79 Å². The number of nitrogens with zero attached hydrogens (tertiary/aromatic N) is 1. The molecule has 1 aliphatic rings. The van der Waals surface area contributed by atoms with E-state index in [2.05, 4.69) is 21.2 Å². The van der Waals surface area contributed by atoms with Gasteiger partial charge in [0.05, 0.1) is 17.8 Å². The minimum atomic E-state index is 0.143. The molecule has 0 spiro atoms. The number of amides is 1. The highest BCUT2D eigenvalue weighted by atomic mass is 79.9. The van der Waals surface area contributed by atoms with Crippen LogP contribution >= 0.6 is 15.9 Å². The van der Waals surface area contributed by atoms with Crippen molar-refractivity contribution in [3.8, 4) is 0 Å². The average molecular weight is 345 g/mol. The number of carbonyl (C=O) groups is 1. The molecule has 0 aliphatic carbocycles. The molecular formula is C17H17BrN2O. The second-order valence-corrected chi connectivity index (χ2v) is 6.07. The standard InChI is InChI=1S/C17H17BrN2O/c18-14-6-3-5-13(11-14)12-17(21)20-10-4-9-19-15-7-1-2-8-16(15)20/h1-3,5-8,11,19H,4,9-10,12H2. The maximum atomic E-state index is 12.7. The number of nitrogens with one attached hydrogen (secondary N) is 1. The number of fused-ring (bicyclic) bond motifs is 1. The van der Waals surface area contributed by atoms with E-state index in [1.165, 1.54) is 0 Å². The van der Waals surface area contributed by atoms with Crippen LogP contribution in [0.3, 0.4) is 0 Å². The minimum absolute atomic E-state index is 0.143. The van der Waals surface area contributed by atoms with Crippen LogP contribution in [0.15, 0.2) is 53.0 Å². The second kappa shape index (κ2) is 6.31. The highest BCUT2D eigenvalue weighted by Gasteiger charge is 2.20. The van der Waals surface area contributed by atoms with Crippen molar-refractivity contribution in [3.63, 3.8) is 0 Å². The fourth-order valence-corrected chi connectivity index (χ4v) is 3.06. The third-order valence-corrected chi connectivity index (χ3v) is 4.11. The quantitative estimate of drug-likeness (QED) is 0.897. The zero-order valence-electron chi connectivity index (χ0n) is 11.7. The first-order valence-corrected chi connectivity index (χ1v) is 7.91. The fraction of sp³-hybridized carbons (Fsp3) is 0.235. The van der Waals surface area contributed by atoms with E-state index < -0.39 is 0 Å². The molecule has 108 valence electrons. The molecule has 0 bridgehead atoms. The van der Waals surface area contributed by atoms with Gasteiger partial charge in [-0.15, -0.1) is 0 Å². The number of benzene rings is 2. The van der Waals surface area contributed by atoms with E-state index in [0.717, 1.165) is 40.9 Å². The number of hydrogen-bond donors (Lipinski definition) is 1. The Morgan fingerprint density at radius 2 is 2.05 bits per heavy atom. The number of halogens is 1. The Morgan fingerprint density at radius 3 is 2.90 bits per heavy atom. The molecule has 0 fully saturated rings. The van der Waals surface area contributed by atoms with Crippen molar-refractivity contribution in [1.82, 2.24) is 0 Å². The summed E-state index contributed by atoms with van der Waals surface area (Å²) in [5.74, 6) is 0.143. The van der Waals surface area contributed by atoms with Crippen LogP contribution in [0.5, 0.6) is 0 Å². The first-order chi connectivity index (χ1) is 10.2. The lowest BCUT2D eigenvalue weighted by molar-refractivity contribution is -0.118. The van der Waals surface area contributed by atoms with E-state index >= 15 is 0 Å². The van der Waals surface area contributed by atoms with E-state index in [-0.39, 0.29) is 5.91 Å². The van der Waals surface area contributed by atoms with Gasteiger partial charge < -0.3 is 10.2 Å². The molecule has 3 rings (SSSR count). The summed E-state index contributed by atoms with van der Waals surface area (Å²) in [5, 5.41) is 3.38. The van der Waals surface area contributed by atoms with E-state index in [1.807, 2.05) is 53.4 Å². The highest BCUT2D eigenvalue weighted by molar-refractivity contribution is 9.10. The van der Waals surface area contributed by atoms with E-state index in [0.29, 0.717) is 6.42 Å². The van der Waals surface area contributed by atoms with Gasteiger partial charge in [-0.25, -0.2) is 0 Å². The summed E-state index contributed by atoms with van der Waals surface area (Å²) in [6.07, 6.45) is 1.38. The lowest BCUT2D eigenvalue weighted by atomic mass is 10.1. The first-order valence-electron chi connectivity index (χ1n) is 7.12. The summed E-state index contributed by atoms with van der Waals surface area (Å²) in [5.41, 5.74) is 3.05. The van der Waals surface area contributed by atoms with Crippen molar-refractivity contribution in [2.45, 2.75) is 12.8 Å². The Kier molecular flexibility index (Phi) is 4.25. The molecule has 3 nitrogen and oxygen atoms in total. The summed E-state index contributed by atoms with van der Waals surface area (Å²) in [7, 11) is 0. The van der Waals surface area contributed by atoms with Crippen molar-refractivity contribution in [2.75, 3.05) is 23.3 Å². The molecule has 2 aromatic carbocycles. The molecule has 0 aromatic heterocycles. The van der Waals surface area contributed by atoms with Gasteiger partial charge >= 0.3 is 0 Å². The summed E-state index contributed by atoms with van der Waals surface area (Å²) in [6, 6.07) is 15.9. The van der Waals surface area contributed by atoms with Crippen LogP contribution in [0.2, 0.25) is 0 Å². The molecule has 0 unspecified atom stereocenters. The van der Waals surface area contributed by atoms with Crippen LogP contribution in [0.25, 0.3) is 0 Å². The highest BCUT2D eigenvalue weighted by Crippen LogP contribution is 2.28. The van der Waals surface area contributed by atoms with Gasteiger partial charge in [0.2, 0.25) is 5.91 Å². The Labute approximate surface area is 133 Å². The van der Waals surface area contributed by atoms with Gasteiger partial charge in [-0.05, 0) is 36.2 Å². The van der Waals surface area contributed by atoms with Gasteiger partial charge in [0.1, 0.15) is 0 Å². The number of para-hydroxylation sites is 2. The topological polar surface area (TPSA) is 32.3 Å². The first kappa shape index (κ1) is 14.1. The van der Waals surface area contributed by atoms with Crippen LogP contribution < -0.4 is 10.2 Å². The molecule has 0 saturated carbocycles. The van der Waals surface area contributed by atoms with Crippen molar-refractivity contribution in [3.05, 3.63) is 58.6 Å². The van der Waals surface area contributed by atoms with Crippen molar-refractivity contribution in [2.24, 2.45) is 0 Å². The fourth-order valence-electron chi connectivity index (χ4n) is 2.62. The Balaban J connectivity index is 1.84. The van der Waals surface area contributed by atoms with Gasteiger partial charge in [0, 0.05) is 17.6 Å². The van der Waals surface area contributed by atoms with Gasteiger partial charge in [0.15, 0.2) is 0 Å². The third kappa shape index (κ3) is 3.27. The summed E-state index contributed by atoms with van der Waals surface area (Å²) < 4.78 is 1.01. The Hall–Kier alpha value is -1.81. The van der Waals surface area contributed by atoms with Crippen LogP contribution in [-0.4, -0.2) is 19.0 Å². The van der Waals surface area contributed by atoms with Gasteiger partial charge in [-0.2, -0.15) is 0 Å². The maximum absolute atomic E-state index is 12.7. The third-order valence-electron chi connectivity index (χ3n) is 3.61. The average Bonchev–Trinajstić information content (AvgIpc) is 2.69. The number of anilines is 2. The van der Waals surface area contributed by atoms with Crippen molar-refractivity contribution in [1.29, 1.82) is 0 Å². The normalized spacial score (nSPS) is 14.0. The van der Waals surface area contributed by atoms with E-state index in [4.69, 9.17) is 0 Å².